The Morgan fingerprint density at radius 2 is 1.84 bits per heavy atom. The van der Waals surface area contributed by atoms with Crippen LogP contribution >= 0.6 is 11.8 Å². The minimum absolute atomic E-state index is 0.155. The van der Waals surface area contributed by atoms with Crippen LogP contribution in [0.25, 0.3) is 11.3 Å². The lowest BCUT2D eigenvalue weighted by Crippen LogP contribution is -2.13. The van der Waals surface area contributed by atoms with Gasteiger partial charge in [0.15, 0.2) is 0 Å². The topological polar surface area (TPSA) is 45.2 Å². The summed E-state index contributed by atoms with van der Waals surface area (Å²) in [6.07, 6.45) is 3.47. The van der Waals surface area contributed by atoms with Crippen molar-refractivity contribution in [1.82, 2.24) is 10.3 Å². The molecule has 0 saturated heterocycles. The molecule has 0 saturated carbocycles. The maximum absolute atomic E-state index is 13.2. The van der Waals surface area contributed by atoms with E-state index < -0.39 is 0 Å². The summed E-state index contributed by atoms with van der Waals surface area (Å²) >= 11 is 1.57. The van der Waals surface area contributed by atoms with Gasteiger partial charge in [0.1, 0.15) is 5.82 Å². The zero-order valence-corrected chi connectivity index (χ0v) is 15.3. The third-order valence-electron chi connectivity index (χ3n) is 3.74. The number of nitrogens with zero attached hydrogens (tertiary/aromatic N) is 1. The van der Waals surface area contributed by atoms with Crippen LogP contribution in [-0.4, -0.2) is 22.5 Å². The lowest BCUT2D eigenvalue weighted by atomic mass is 10.0. The lowest BCUT2D eigenvalue weighted by molar-refractivity contribution is 0.250. The van der Waals surface area contributed by atoms with Gasteiger partial charge in [-0.25, -0.2) is 4.39 Å². The fraction of sp³-hybridized carbons (Fsp3) is 0.250. The molecule has 2 rings (SSSR count). The molecule has 1 aromatic carbocycles. The standard InChI is InChI=1S/C20H23FN2OS/c1-14(12-24)13-25-16(3)23-20(18-8-10-22-11-9-18)15(2)17-4-6-19(21)7-5-17/h4-11,14,23-24H,3,12-13H2,1-2H3/b20-15+. The monoisotopic (exact) mass is 358 g/mol. The highest BCUT2D eigenvalue weighted by Crippen LogP contribution is 2.27. The number of nitrogens with one attached hydrogen (secondary N) is 1. The zero-order chi connectivity index (χ0) is 18.2. The molecule has 25 heavy (non-hydrogen) atoms. The maximum atomic E-state index is 13.2. The number of benzene rings is 1. The molecule has 3 nitrogen and oxygen atoms in total. The first kappa shape index (κ1) is 19.2. The second kappa shape index (κ2) is 9.39. The van der Waals surface area contributed by atoms with E-state index in [0.29, 0.717) is 0 Å². The van der Waals surface area contributed by atoms with E-state index in [-0.39, 0.29) is 18.3 Å². The Morgan fingerprint density at radius 1 is 1.20 bits per heavy atom. The molecule has 1 heterocycles. The summed E-state index contributed by atoms with van der Waals surface area (Å²) in [6, 6.07) is 10.3. The van der Waals surface area contributed by atoms with E-state index in [1.165, 1.54) is 12.1 Å². The molecular weight excluding hydrogens is 335 g/mol. The van der Waals surface area contributed by atoms with E-state index in [0.717, 1.165) is 33.2 Å². The van der Waals surface area contributed by atoms with Crippen molar-refractivity contribution in [3.05, 3.63) is 77.3 Å². The molecule has 0 aliphatic heterocycles. The summed E-state index contributed by atoms with van der Waals surface area (Å²) in [5.41, 5.74) is 3.81. The fourth-order valence-electron chi connectivity index (χ4n) is 2.22. The smallest absolute Gasteiger partial charge is 0.123 e. The van der Waals surface area contributed by atoms with Crippen molar-refractivity contribution in [1.29, 1.82) is 0 Å². The second-order valence-corrected chi connectivity index (χ2v) is 7.00. The molecular formula is C20H23FN2OS. The highest BCUT2D eigenvalue weighted by Gasteiger charge is 2.10. The largest absolute Gasteiger partial charge is 0.396 e. The van der Waals surface area contributed by atoms with Crippen LogP contribution in [0, 0.1) is 11.7 Å². The van der Waals surface area contributed by atoms with Gasteiger partial charge in [-0.2, -0.15) is 0 Å². The Bertz CT molecular complexity index is 729. The molecule has 2 aromatic rings. The highest BCUT2D eigenvalue weighted by molar-refractivity contribution is 8.03. The summed E-state index contributed by atoms with van der Waals surface area (Å²) in [5, 5.41) is 13.3. The Kier molecular flexibility index (Phi) is 7.22. The van der Waals surface area contributed by atoms with Crippen molar-refractivity contribution in [2.75, 3.05) is 12.4 Å². The average Bonchev–Trinajstić information content (AvgIpc) is 2.65. The van der Waals surface area contributed by atoms with Crippen molar-refractivity contribution >= 4 is 23.0 Å². The van der Waals surface area contributed by atoms with Gasteiger partial charge in [-0.1, -0.05) is 25.6 Å². The van der Waals surface area contributed by atoms with Crippen molar-refractivity contribution in [2.45, 2.75) is 13.8 Å². The number of rotatable bonds is 8. The Balaban J connectivity index is 2.29. The number of aliphatic hydroxyl groups excluding tert-OH is 1. The van der Waals surface area contributed by atoms with Gasteiger partial charge in [0.05, 0.1) is 5.03 Å². The van der Waals surface area contributed by atoms with E-state index in [4.69, 9.17) is 5.11 Å². The molecule has 0 spiro atoms. The second-order valence-electron chi connectivity index (χ2n) is 5.89. The predicted molar refractivity (Wildman–Crippen MR) is 104 cm³/mol. The van der Waals surface area contributed by atoms with E-state index >= 15 is 0 Å². The number of aromatic nitrogens is 1. The summed E-state index contributed by atoms with van der Waals surface area (Å²) < 4.78 is 13.2. The van der Waals surface area contributed by atoms with Crippen LogP contribution in [0.3, 0.4) is 0 Å². The van der Waals surface area contributed by atoms with Crippen LogP contribution in [-0.2, 0) is 0 Å². The van der Waals surface area contributed by atoms with Crippen LogP contribution < -0.4 is 5.32 Å². The van der Waals surface area contributed by atoms with Gasteiger partial charge < -0.3 is 10.4 Å². The number of pyridine rings is 1. The Morgan fingerprint density at radius 3 is 2.44 bits per heavy atom. The average molecular weight is 358 g/mol. The number of aliphatic hydroxyl groups is 1. The van der Waals surface area contributed by atoms with Gasteiger partial charge in [-0.05, 0) is 48.2 Å². The molecule has 5 heteroatoms. The van der Waals surface area contributed by atoms with Gasteiger partial charge in [-0.15, -0.1) is 11.8 Å². The summed E-state index contributed by atoms with van der Waals surface area (Å²) in [6.45, 7) is 8.21. The van der Waals surface area contributed by atoms with E-state index in [9.17, 15) is 4.39 Å². The highest BCUT2D eigenvalue weighted by atomic mass is 32.2. The van der Waals surface area contributed by atoms with Crippen LogP contribution in [0.15, 0.2) is 60.4 Å². The number of halogens is 1. The molecule has 1 aromatic heterocycles. The fourth-order valence-corrected chi connectivity index (χ4v) is 2.98. The molecule has 2 N–H and O–H groups in total. The van der Waals surface area contributed by atoms with Gasteiger partial charge in [0.2, 0.25) is 0 Å². The minimum atomic E-state index is -0.257. The Labute approximate surface area is 152 Å². The number of thioether (sulfide) groups is 1. The van der Waals surface area contributed by atoms with Crippen LogP contribution in [0.4, 0.5) is 4.39 Å². The molecule has 1 unspecified atom stereocenters. The van der Waals surface area contributed by atoms with Gasteiger partial charge in [0.25, 0.3) is 0 Å². The van der Waals surface area contributed by atoms with Crippen LogP contribution in [0.1, 0.15) is 25.0 Å². The quantitative estimate of drug-likeness (QED) is 0.728. The van der Waals surface area contributed by atoms with Gasteiger partial charge in [-0.3, -0.25) is 4.98 Å². The van der Waals surface area contributed by atoms with E-state index in [1.54, 1.807) is 36.3 Å². The van der Waals surface area contributed by atoms with Gasteiger partial charge in [0, 0.05) is 36.0 Å². The first-order chi connectivity index (χ1) is 12.0. The molecule has 0 fully saturated rings. The van der Waals surface area contributed by atoms with Crippen molar-refractivity contribution in [3.63, 3.8) is 0 Å². The van der Waals surface area contributed by atoms with Crippen molar-refractivity contribution in [2.24, 2.45) is 5.92 Å². The number of hydrogen-bond donors (Lipinski definition) is 2. The van der Waals surface area contributed by atoms with E-state index in [1.807, 2.05) is 26.0 Å². The molecule has 0 amide bonds. The molecule has 0 radical (unpaired) electrons. The third kappa shape index (κ3) is 5.73. The number of hydrogen-bond acceptors (Lipinski definition) is 4. The van der Waals surface area contributed by atoms with E-state index in [2.05, 4.69) is 16.9 Å². The van der Waals surface area contributed by atoms with Crippen LogP contribution in [0.5, 0.6) is 0 Å². The van der Waals surface area contributed by atoms with Crippen LogP contribution in [0.2, 0.25) is 0 Å². The SMILES string of the molecule is C=C(N/C(=C(\C)c1ccc(F)cc1)c1ccncc1)SCC(C)CO. The lowest BCUT2D eigenvalue weighted by Gasteiger charge is -2.18. The normalized spacial score (nSPS) is 13.1. The van der Waals surface area contributed by atoms with Crippen molar-refractivity contribution in [3.8, 4) is 0 Å². The first-order valence-corrected chi connectivity index (χ1v) is 9.06. The molecule has 0 aliphatic rings. The molecule has 132 valence electrons. The molecule has 1 atom stereocenters. The summed E-state index contributed by atoms with van der Waals surface area (Å²) in [5.74, 6) is 0.727. The number of allylic oxidation sites excluding steroid dienone is 1. The zero-order valence-electron chi connectivity index (χ0n) is 14.5. The third-order valence-corrected chi connectivity index (χ3v) is 4.93. The molecule has 0 bridgehead atoms. The maximum Gasteiger partial charge on any atom is 0.123 e. The summed E-state index contributed by atoms with van der Waals surface area (Å²) in [4.78, 5) is 4.07. The predicted octanol–water partition coefficient (Wildman–Crippen LogP) is 4.53. The van der Waals surface area contributed by atoms with Gasteiger partial charge >= 0.3 is 0 Å². The summed E-state index contributed by atoms with van der Waals surface area (Å²) in [7, 11) is 0. The first-order valence-electron chi connectivity index (χ1n) is 8.08. The Hall–Kier alpha value is -2.11. The van der Waals surface area contributed by atoms with Crippen molar-refractivity contribution < 1.29 is 9.50 Å². The minimum Gasteiger partial charge on any atom is -0.396 e. The molecule has 0 aliphatic carbocycles.